The lowest BCUT2D eigenvalue weighted by Crippen LogP contribution is -2.38. The molecular formula is C11H24N2O3. The molecule has 96 valence electrons. The molecule has 0 rings (SSSR count). The summed E-state index contributed by atoms with van der Waals surface area (Å²) in [7, 11) is 3.50. The molecular weight excluding hydrogens is 208 g/mol. The third-order valence-corrected chi connectivity index (χ3v) is 2.12. The number of hydrogen-bond donors (Lipinski definition) is 2. The number of rotatable bonds is 9. The fourth-order valence-corrected chi connectivity index (χ4v) is 1.32. The van der Waals surface area contributed by atoms with E-state index in [1.807, 2.05) is 14.0 Å². The van der Waals surface area contributed by atoms with Crippen molar-refractivity contribution in [2.45, 2.75) is 32.5 Å². The number of carbonyl (C=O) groups is 1. The maximum atomic E-state index is 11.5. The number of amides is 1. The van der Waals surface area contributed by atoms with Gasteiger partial charge in [-0.2, -0.15) is 0 Å². The van der Waals surface area contributed by atoms with Crippen LogP contribution in [-0.2, 0) is 14.3 Å². The summed E-state index contributed by atoms with van der Waals surface area (Å²) in [6, 6.07) is 0. The van der Waals surface area contributed by atoms with Crippen LogP contribution in [0.5, 0.6) is 0 Å². The normalized spacial score (nSPS) is 14.5. The second-order valence-corrected chi connectivity index (χ2v) is 3.78. The third-order valence-electron chi connectivity index (χ3n) is 2.12. The molecule has 0 bridgehead atoms. The Kier molecular flexibility index (Phi) is 9.18. The van der Waals surface area contributed by atoms with Crippen molar-refractivity contribution in [1.29, 1.82) is 0 Å². The van der Waals surface area contributed by atoms with E-state index in [0.29, 0.717) is 13.2 Å². The van der Waals surface area contributed by atoms with E-state index in [2.05, 4.69) is 10.6 Å². The number of nitrogens with one attached hydrogen (secondary N) is 2. The van der Waals surface area contributed by atoms with Crippen LogP contribution in [0.2, 0.25) is 0 Å². The molecule has 0 aliphatic heterocycles. The summed E-state index contributed by atoms with van der Waals surface area (Å²) in [6.45, 7) is 5.72. The maximum absolute atomic E-state index is 11.5. The van der Waals surface area contributed by atoms with E-state index in [9.17, 15) is 4.79 Å². The Bertz CT molecular complexity index is 188. The lowest BCUT2D eigenvalue weighted by atomic mass is 10.3. The van der Waals surface area contributed by atoms with Crippen molar-refractivity contribution in [2.75, 3.05) is 33.9 Å². The summed E-state index contributed by atoms with van der Waals surface area (Å²) in [5.74, 6) is -0.0703. The largest absolute Gasteiger partial charge is 0.385 e. The molecule has 0 aliphatic carbocycles. The molecule has 5 heteroatoms. The molecule has 16 heavy (non-hydrogen) atoms. The van der Waals surface area contributed by atoms with E-state index in [4.69, 9.17) is 9.47 Å². The van der Waals surface area contributed by atoms with Gasteiger partial charge in [0.2, 0.25) is 5.91 Å². The zero-order chi connectivity index (χ0) is 12.4. The van der Waals surface area contributed by atoms with Crippen LogP contribution in [-0.4, -0.2) is 52.0 Å². The van der Waals surface area contributed by atoms with Crippen molar-refractivity contribution in [3.63, 3.8) is 0 Å². The summed E-state index contributed by atoms with van der Waals surface area (Å²) >= 11 is 0. The Morgan fingerprint density at radius 2 is 2.06 bits per heavy atom. The molecule has 0 aliphatic rings. The summed E-state index contributed by atoms with van der Waals surface area (Å²) in [5.41, 5.74) is 0. The van der Waals surface area contributed by atoms with Crippen molar-refractivity contribution < 1.29 is 14.3 Å². The first kappa shape index (κ1) is 15.3. The van der Waals surface area contributed by atoms with Crippen LogP contribution >= 0.6 is 0 Å². The van der Waals surface area contributed by atoms with Crippen molar-refractivity contribution in [3.8, 4) is 0 Å². The maximum Gasteiger partial charge on any atom is 0.248 e. The monoisotopic (exact) mass is 232 g/mol. The van der Waals surface area contributed by atoms with Gasteiger partial charge < -0.3 is 20.1 Å². The van der Waals surface area contributed by atoms with Gasteiger partial charge in [-0.25, -0.2) is 0 Å². The minimum Gasteiger partial charge on any atom is -0.385 e. The Morgan fingerprint density at radius 3 is 2.62 bits per heavy atom. The number of methoxy groups -OCH3 is 1. The van der Waals surface area contributed by atoms with Gasteiger partial charge in [0, 0.05) is 26.8 Å². The Hall–Kier alpha value is -0.650. The predicted octanol–water partition coefficient (Wildman–Crippen LogP) is 0.152. The number of ether oxygens (including phenoxy) is 2. The average molecular weight is 232 g/mol. The van der Waals surface area contributed by atoms with Crippen molar-refractivity contribution in [3.05, 3.63) is 0 Å². The van der Waals surface area contributed by atoms with E-state index in [0.717, 1.165) is 13.0 Å². The van der Waals surface area contributed by atoms with Gasteiger partial charge in [-0.1, -0.05) is 0 Å². The van der Waals surface area contributed by atoms with Gasteiger partial charge in [0.15, 0.2) is 0 Å². The second-order valence-electron chi connectivity index (χ2n) is 3.78. The van der Waals surface area contributed by atoms with Crippen LogP contribution in [0.4, 0.5) is 0 Å². The van der Waals surface area contributed by atoms with Crippen LogP contribution in [0.25, 0.3) is 0 Å². The van der Waals surface area contributed by atoms with Crippen molar-refractivity contribution in [2.24, 2.45) is 0 Å². The quantitative estimate of drug-likeness (QED) is 0.556. The lowest BCUT2D eigenvalue weighted by Gasteiger charge is -2.18. The van der Waals surface area contributed by atoms with Crippen molar-refractivity contribution in [1.82, 2.24) is 10.6 Å². The van der Waals surface area contributed by atoms with Gasteiger partial charge in [0.05, 0.1) is 6.10 Å². The Morgan fingerprint density at radius 1 is 1.38 bits per heavy atom. The molecule has 5 nitrogen and oxygen atoms in total. The molecule has 0 saturated heterocycles. The fraction of sp³-hybridized carbons (Fsp3) is 0.909. The summed E-state index contributed by atoms with van der Waals surface area (Å²) in [5, 5.41) is 5.80. The molecule has 1 amide bonds. The van der Waals surface area contributed by atoms with Crippen LogP contribution in [0.3, 0.4) is 0 Å². The first-order valence-corrected chi connectivity index (χ1v) is 5.68. The van der Waals surface area contributed by atoms with Crippen LogP contribution < -0.4 is 10.6 Å². The summed E-state index contributed by atoms with van der Waals surface area (Å²) < 4.78 is 10.4. The highest BCUT2D eigenvalue weighted by Gasteiger charge is 2.15. The molecule has 0 aromatic carbocycles. The minimum atomic E-state index is -0.411. The lowest BCUT2D eigenvalue weighted by molar-refractivity contribution is -0.134. The van der Waals surface area contributed by atoms with Gasteiger partial charge in [-0.15, -0.1) is 0 Å². The zero-order valence-electron chi connectivity index (χ0n) is 10.7. The predicted molar refractivity (Wildman–Crippen MR) is 63.4 cm³/mol. The standard InChI is InChI=1S/C11H24N2O3/c1-9(8-12-3)16-10(2)11(14)13-6-5-7-15-4/h9-10,12H,5-8H2,1-4H3,(H,13,14). The van der Waals surface area contributed by atoms with Gasteiger partial charge in [0.1, 0.15) is 6.10 Å². The highest BCUT2D eigenvalue weighted by molar-refractivity contribution is 5.80. The molecule has 0 radical (unpaired) electrons. The molecule has 0 heterocycles. The SMILES string of the molecule is CNCC(C)OC(C)C(=O)NCCCOC. The van der Waals surface area contributed by atoms with Gasteiger partial charge >= 0.3 is 0 Å². The van der Waals surface area contributed by atoms with Crippen LogP contribution in [0, 0.1) is 0 Å². The van der Waals surface area contributed by atoms with Crippen LogP contribution in [0.15, 0.2) is 0 Å². The number of likely N-dealkylation sites (N-methyl/N-ethyl adjacent to an activating group) is 1. The minimum absolute atomic E-state index is 0.0322. The average Bonchev–Trinajstić information content (AvgIpc) is 2.24. The summed E-state index contributed by atoms with van der Waals surface area (Å²) in [6.07, 6.45) is 0.441. The fourth-order valence-electron chi connectivity index (χ4n) is 1.32. The first-order valence-electron chi connectivity index (χ1n) is 5.68. The van der Waals surface area contributed by atoms with E-state index >= 15 is 0 Å². The molecule has 2 atom stereocenters. The smallest absolute Gasteiger partial charge is 0.248 e. The molecule has 2 N–H and O–H groups in total. The highest BCUT2D eigenvalue weighted by atomic mass is 16.5. The molecule has 0 spiro atoms. The molecule has 0 saturated carbocycles. The molecule has 2 unspecified atom stereocenters. The molecule has 0 aromatic rings. The third kappa shape index (κ3) is 7.62. The van der Waals surface area contributed by atoms with Gasteiger partial charge in [-0.05, 0) is 27.3 Å². The highest BCUT2D eigenvalue weighted by Crippen LogP contribution is 1.97. The Balaban J connectivity index is 3.64. The van der Waals surface area contributed by atoms with E-state index in [1.54, 1.807) is 14.0 Å². The van der Waals surface area contributed by atoms with Crippen molar-refractivity contribution >= 4 is 5.91 Å². The van der Waals surface area contributed by atoms with E-state index in [1.165, 1.54) is 0 Å². The number of hydrogen-bond acceptors (Lipinski definition) is 4. The van der Waals surface area contributed by atoms with E-state index < -0.39 is 6.10 Å². The van der Waals surface area contributed by atoms with Crippen LogP contribution in [0.1, 0.15) is 20.3 Å². The van der Waals surface area contributed by atoms with Gasteiger partial charge in [-0.3, -0.25) is 4.79 Å². The first-order chi connectivity index (χ1) is 7.61. The van der Waals surface area contributed by atoms with Gasteiger partial charge in [0.25, 0.3) is 0 Å². The topological polar surface area (TPSA) is 59.6 Å². The zero-order valence-corrected chi connectivity index (χ0v) is 10.7. The molecule has 0 fully saturated rings. The second kappa shape index (κ2) is 9.57. The molecule has 0 aromatic heterocycles. The summed E-state index contributed by atoms with van der Waals surface area (Å²) in [4.78, 5) is 11.5. The van der Waals surface area contributed by atoms with E-state index in [-0.39, 0.29) is 12.0 Å². The Labute approximate surface area is 97.9 Å². The number of carbonyl (C=O) groups excluding carboxylic acids is 1.